The minimum absolute atomic E-state index is 0.317. The molecule has 1 aromatic heterocycles. The zero-order valence-corrected chi connectivity index (χ0v) is 16.3. The van der Waals surface area contributed by atoms with Gasteiger partial charge in [0.2, 0.25) is 6.10 Å². The smallest absolute Gasteiger partial charge is 0.271 e. The number of carbonyl (C=O) groups is 1. The van der Waals surface area contributed by atoms with E-state index in [4.69, 9.17) is 16.3 Å². The number of aromatic nitrogens is 1. The van der Waals surface area contributed by atoms with E-state index < -0.39 is 6.10 Å². The average Bonchev–Trinajstić information content (AvgIpc) is 2.64. The first kappa shape index (κ1) is 18.4. The number of halogens is 2. The highest BCUT2D eigenvalue weighted by Gasteiger charge is 2.23. The van der Waals surface area contributed by atoms with E-state index in [9.17, 15) is 4.79 Å². The number of ether oxygens (including phenoxy) is 1. The molecule has 4 nitrogen and oxygen atoms in total. The lowest BCUT2D eigenvalue weighted by Gasteiger charge is -2.19. The summed E-state index contributed by atoms with van der Waals surface area (Å²) in [7, 11) is 0. The van der Waals surface area contributed by atoms with Crippen molar-refractivity contribution in [3.63, 3.8) is 0 Å². The molecule has 0 spiro atoms. The number of pyridine rings is 1. The topological polar surface area (TPSA) is 51.2 Å². The minimum atomic E-state index is -0.833. The summed E-state index contributed by atoms with van der Waals surface area (Å²) in [4.78, 5) is 17.0. The van der Waals surface area contributed by atoms with Crippen molar-refractivity contribution in [2.45, 2.75) is 13.0 Å². The maximum absolute atomic E-state index is 12.8. The van der Waals surface area contributed by atoms with Gasteiger partial charge in [0, 0.05) is 21.3 Å². The molecule has 1 N–H and O–H groups in total. The summed E-state index contributed by atoms with van der Waals surface area (Å²) in [6.45, 7) is 1.99. The average molecular weight is 432 g/mol. The standard InChI is InChI=1S/C20H16BrClN2O2/c1-13-2-9-17(10-3-13)26-19(14-4-7-16(22)8-5-14)20(25)24-18-11-6-15(21)12-23-18/h2-12,19H,1H3,(H,23,24,25). The second-order valence-electron chi connectivity index (χ2n) is 5.71. The van der Waals surface area contributed by atoms with Gasteiger partial charge < -0.3 is 10.1 Å². The molecular weight excluding hydrogens is 416 g/mol. The Kier molecular flexibility index (Phi) is 5.91. The van der Waals surface area contributed by atoms with Gasteiger partial charge in [-0.1, -0.05) is 41.4 Å². The van der Waals surface area contributed by atoms with Crippen LogP contribution in [0.3, 0.4) is 0 Å². The molecule has 2 aromatic carbocycles. The molecule has 1 amide bonds. The van der Waals surface area contributed by atoms with Crippen LogP contribution in [0.15, 0.2) is 71.3 Å². The van der Waals surface area contributed by atoms with E-state index in [1.807, 2.05) is 31.2 Å². The molecule has 0 aliphatic heterocycles. The molecule has 0 fully saturated rings. The molecule has 0 bridgehead atoms. The Hall–Kier alpha value is -2.37. The Balaban J connectivity index is 1.85. The van der Waals surface area contributed by atoms with E-state index in [1.165, 1.54) is 0 Å². The van der Waals surface area contributed by atoms with E-state index in [2.05, 4.69) is 26.2 Å². The number of anilines is 1. The Labute approximate surface area is 165 Å². The van der Waals surface area contributed by atoms with Crippen molar-refractivity contribution in [1.29, 1.82) is 0 Å². The maximum atomic E-state index is 12.8. The molecule has 132 valence electrons. The van der Waals surface area contributed by atoms with Gasteiger partial charge in [-0.2, -0.15) is 0 Å². The second kappa shape index (κ2) is 8.34. The Morgan fingerprint density at radius 1 is 1.08 bits per heavy atom. The van der Waals surface area contributed by atoms with E-state index in [1.54, 1.807) is 42.6 Å². The number of amides is 1. The predicted molar refractivity (Wildman–Crippen MR) is 107 cm³/mol. The number of rotatable bonds is 5. The van der Waals surface area contributed by atoms with Crippen molar-refractivity contribution in [3.8, 4) is 5.75 Å². The van der Waals surface area contributed by atoms with Crippen LogP contribution in [0.2, 0.25) is 5.02 Å². The molecule has 1 unspecified atom stereocenters. The van der Waals surface area contributed by atoms with Crippen molar-refractivity contribution in [3.05, 3.63) is 87.5 Å². The first-order valence-corrected chi connectivity index (χ1v) is 9.09. The number of hydrogen-bond acceptors (Lipinski definition) is 3. The van der Waals surface area contributed by atoms with Crippen LogP contribution < -0.4 is 10.1 Å². The quantitative estimate of drug-likeness (QED) is 0.575. The zero-order valence-electron chi connectivity index (χ0n) is 13.9. The molecule has 1 heterocycles. The highest BCUT2D eigenvalue weighted by molar-refractivity contribution is 9.10. The molecule has 26 heavy (non-hydrogen) atoms. The molecule has 3 rings (SSSR count). The zero-order chi connectivity index (χ0) is 18.5. The van der Waals surface area contributed by atoms with Crippen LogP contribution in [-0.2, 0) is 4.79 Å². The van der Waals surface area contributed by atoms with Gasteiger partial charge in [0.1, 0.15) is 11.6 Å². The number of nitrogens with zero attached hydrogens (tertiary/aromatic N) is 1. The first-order valence-electron chi connectivity index (χ1n) is 7.92. The number of nitrogens with one attached hydrogen (secondary N) is 1. The second-order valence-corrected chi connectivity index (χ2v) is 7.07. The molecular formula is C20H16BrClN2O2. The van der Waals surface area contributed by atoms with Gasteiger partial charge in [-0.25, -0.2) is 4.98 Å². The van der Waals surface area contributed by atoms with Crippen molar-refractivity contribution in [2.24, 2.45) is 0 Å². The lowest BCUT2D eigenvalue weighted by molar-refractivity contribution is -0.123. The van der Waals surface area contributed by atoms with Gasteiger partial charge in [-0.3, -0.25) is 4.79 Å². The molecule has 0 aliphatic carbocycles. The van der Waals surface area contributed by atoms with E-state index in [0.29, 0.717) is 22.2 Å². The minimum Gasteiger partial charge on any atom is -0.476 e. The summed E-state index contributed by atoms with van der Waals surface area (Å²) >= 11 is 9.28. The third kappa shape index (κ3) is 4.84. The molecule has 0 saturated heterocycles. The van der Waals surface area contributed by atoms with Gasteiger partial charge in [-0.15, -0.1) is 0 Å². The van der Waals surface area contributed by atoms with Crippen molar-refractivity contribution in [2.75, 3.05) is 5.32 Å². The lowest BCUT2D eigenvalue weighted by Crippen LogP contribution is -2.26. The van der Waals surface area contributed by atoms with Crippen molar-refractivity contribution in [1.82, 2.24) is 4.98 Å². The molecule has 0 saturated carbocycles. The largest absolute Gasteiger partial charge is 0.476 e. The third-order valence-electron chi connectivity index (χ3n) is 3.66. The summed E-state index contributed by atoms with van der Waals surface area (Å²) < 4.78 is 6.79. The van der Waals surface area contributed by atoms with Crippen LogP contribution in [0.25, 0.3) is 0 Å². The summed E-state index contributed by atoms with van der Waals surface area (Å²) in [5.74, 6) is 0.738. The fourth-order valence-electron chi connectivity index (χ4n) is 2.30. The predicted octanol–water partition coefficient (Wildman–Crippen LogP) is 5.56. The fourth-order valence-corrected chi connectivity index (χ4v) is 2.67. The molecule has 6 heteroatoms. The Morgan fingerprint density at radius 2 is 1.77 bits per heavy atom. The lowest BCUT2D eigenvalue weighted by atomic mass is 10.1. The van der Waals surface area contributed by atoms with Crippen LogP contribution in [0, 0.1) is 6.92 Å². The molecule has 1 atom stereocenters. The third-order valence-corrected chi connectivity index (χ3v) is 4.39. The van der Waals surface area contributed by atoms with Gasteiger partial charge in [0.15, 0.2) is 0 Å². The number of aryl methyl sites for hydroxylation is 1. The summed E-state index contributed by atoms with van der Waals surface area (Å²) in [6, 6.07) is 18.1. The van der Waals surface area contributed by atoms with Crippen LogP contribution in [0.4, 0.5) is 5.82 Å². The fraction of sp³-hybridized carbons (Fsp3) is 0.100. The first-order chi connectivity index (χ1) is 12.5. The normalized spacial score (nSPS) is 11.7. The van der Waals surface area contributed by atoms with Gasteiger partial charge >= 0.3 is 0 Å². The monoisotopic (exact) mass is 430 g/mol. The van der Waals surface area contributed by atoms with Gasteiger partial charge in [0.05, 0.1) is 0 Å². The summed E-state index contributed by atoms with van der Waals surface area (Å²) in [5.41, 5.74) is 1.81. The van der Waals surface area contributed by atoms with Crippen LogP contribution in [-0.4, -0.2) is 10.9 Å². The molecule has 3 aromatic rings. The van der Waals surface area contributed by atoms with Gasteiger partial charge in [0.25, 0.3) is 5.91 Å². The Morgan fingerprint density at radius 3 is 2.38 bits per heavy atom. The molecule has 0 aliphatic rings. The Bertz CT molecular complexity index is 881. The van der Waals surface area contributed by atoms with E-state index in [-0.39, 0.29) is 5.91 Å². The van der Waals surface area contributed by atoms with Crippen molar-refractivity contribution < 1.29 is 9.53 Å². The number of carbonyl (C=O) groups excluding carboxylic acids is 1. The maximum Gasteiger partial charge on any atom is 0.271 e. The van der Waals surface area contributed by atoms with Crippen molar-refractivity contribution >= 4 is 39.3 Å². The highest BCUT2D eigenvalue weighted by Crippen LogP contribution is 2.25. The van der Waals surface area contributed by atoms with Gasteiger partial charge in [-0.05, 0) is 59.3 Å². The van der Waals surface area contributed by atoms with E-state index >= 15 is 0 Å². The van der Waals surface area contributed by atoms with E-state index in [0.717, 1.165) is 10.0 Å². The SMILES string of the molecule is Cc1ccc(OC(C(=O)Nc2ccc(Br)cn2)c2ccc(Cl)cc2)cc1. The van der Waals surface area contributed by atoms with Crippen LogP contribution in [0.5, 0.6) is 5.75 Å². The summed E-state index contributed by atoms with van der Waals surface area (Å²) in [5, 5.41) is 3.38. The number of benzene rings is 2. The number of hydrogen-bond donors (Lipinski definition) is 1. The molecule has 0 radical (unpaired) electrons. The van der Waals surface area contributed by atoms with Crippen LogP contribution in [0.1, 0.15) is 17.2 Å². The highest BCUT2D eigenvalue weighted by atomic mass is 79.9. The summed E-state index contributed by atoms with van der Waals surface area (Å²) in [6.07, 6.45) is 0.786. The van der Waals surface area contributed by atoms with Crippen LogP contribution >= 0.6 is 27.5 Å².